The van der Waals surface area contributed by atoms with Gasteiger partial charge in [0.15, 0.2) is 0 Å². The summed E-state index contributed by atoms with van der Waals surface area (Å²) in [7, 11) is 1.33. The summed E-state index contributed by atoms with van der Waals surface area (Å²) in [5.74, 6) is -0.370. The molecule has 3 nitrogen and oxygen atoms in total. The van der Waals surface area contributed by atoms with E-state index in [9.17, 15) is 5.11 Å². The summed E-state index contributed by atoms with van der Waals surface area (Å²) in [5.41, 5.74) is 0.862. The van der Waals surface area contributed by atoms with E-state index in [1.807, 2.05) is 0 Å². The molecule has 3 heteroatoms. The second-order valence-electron chi connectivity index (χ2n) is 2.07. The molecule has 0 aromatic rings. The first kappa shape index (κ1) is 7.60. The monoisotopic (exact) mass is 150 g/mol. The highest BCUT2D eigenvalue weighted by atomic mass is 16.6. The maximum atomic E-state index is 10.8. The number of methoxy groups -OCH3 is 1. The van der Waals surface area contributed by atoms with Gasteiger partial charge in [-0.15, -0.1) is 0 Å². The fraction of sp³-hybridized carbons (Fsp3) is 0.125. The topological polar surface area (TPSA) is 56.1 Å². The SMILES string of the molecule is COC([O-])=C1C=CC(=N)C=C1. The average molecular weight is 150 g/mol. The molecule has 0 saturated heterocycles. The van der Waals surface area contributed by atoms with Gasteiger partial charge in [-0.25, -0.2) is 0 Å². The van der Waals surface area contributed by atoms with Crippen molar-refractivity contribution in [3.05, 3.63) is 35.8 Å². The quantitative estimate of drug-likeness (QED) is 0.548. The molecule has 1 N–H and O–H groups in total. The lowest BCUT2D eigenvalue weighted by Gasteiger charge is -2.12. The van der Waals surface area contributed by atoms with Crippen molar-refractivity contribution in [3.63, 3.8) is 0 Å². The molecule has 1 rings (SSSR count). The first-order valence-corrected chi connectivity index (χ1v) is 3.14. The van der Waals surface area contributed by atoms with Gasteiger partial charge >= 0.3 is 0 Å². The van der Waals surface area contributed by atoms with E-state index >= 15 is 0 Å². The van der Waals surface area contributed by atoms with Crippen LogP contribution in [0.15, 0.2) is 35.8 Å². The van der Waals surface area contributed by atoms with Gasteiger partial charge in [-0.1, -0.05) is 12.2 Å². The minimum Gasteiger partial charge on any atom is -0.616 e. The Labute approximate surface area is 64.8 Å². The van der Waals surface area contributed by atoms with E-state index in [1.165, 1.54) is 7.11 Å². The number of nitrogens with one attached hydrogen (secondary N) is 1. The zero-order valence-corrected chi connectivity index (χ0v) is 6.13. The molecular weight excluding hydrogens is 142 g/mol. The summed E-state index contributed by atoms with van der Waals surface area (Å²) in [5, 5.41) is 18.0. The van der Waals surface area contributed by atoms with E-state index in [-0.39, 0.29) is 5.95 Å². The van der Waals surface area contributed by atoms with Crippen LogP contribution in [0.5, 0.6) is 0 Å². The smallest absolute Gasteiger partial charge is 0.0584 e. The number of hydrogen-bond acceptors (Lipinski definition) is 3. The largest absolute Gasteiger partial charge is 0.616 e. The molecule has 0 fully saturated rings. The molecule has 58 valence electrons. The standard InChI is InChI=1S/C8H9NO2/c1-11-8(10)6-2-4-7(9)5-3-6/h2-5,9-10H,1H3/p-1. The van der Waals surface area contributed by atoms with Gasteiger partial charge in [-0.05, 0) is 24.8 Å². The molecular formula is C8H8NO2-. The number of ether oxygens (including phenoxy) is 1. The van der Waals surface area contributed by atoms with Gasteiger partial charge in [0, 0.05) is 0 Å². The van der Waals surface area contributed by atoms with Crippen molar-refractivity contribution in [1.82, 2.24) is 0 Å². The summed E-state index contributed by atoms with van der Waals surface area (Å²) >= 11 is 0. The predicted octanol–water partition coefficient (Wildman–Crippen LogP) is 0.350. The lowest BCUT2D eigenvalue weighted by molar-refractivity contribution is -0.354. The van der Waals surface area contributed by atoms with Crippen molar-refractivity contribution in [2.75, 3.05) is 7.11 Å². The molecule has 0 radical (unpaired) electrons. The van der Waals surface area contributed by atoms with Gasteiger partial charge in [0.05, 0.1) is 11.7 Å². The first-order chi connectivity index (χ1) is 5.24. The molecule has 0 unspecified atom stereocenters. The maximum Gasteiger partial charge on any atom is 0.0584 e. The third kappa shape index (κ3) is 1.70. The molecule has 1 aliphatic carbocycles. The van der Waals surface area contributed by atoms with E-state index in [4.69, 9.17) is 5.41 Å². The average Bonchev–Trinajstić information content (AvgIpc) is 2.05. The summed E-state index contributed by atoms with van der Waals surface area (Å²) < 4.78 is 4.48. The van der Waals surface area contributed by atoms with Gasteiger partial charge in [-0.3, -0.25) is 0 Å². The molecule has 0 atom stereocenters. The fourth-order valence-corrected chi connectivity index (χ4v) is 0.724. The van der Waals surface area contributed by atoms with Crippen molar-refractivity contribution < 1.29 is 9.84 Å². The van der Waals surface area contributed by atoms with Crippen LogP contribution >= 0.6 is 0 Å². The third-order valence-electron chi connectivity index (χ3n) is 1.31. The van der Waals surface area contributed by atoms with Crippen LogP contribution in [0, 0.1) is 5.41 Å². The summed E-state index contributed by atoms with van der Waals surface area (Å²) in [4.78, 5) is 0. The summed E-state index contributed by atoms with van der Waals surface area (Å²) in [6, 6.07) is 0. The Balaban J connectivity index is 2.87. The zero-order chi connectivity index (χ0) is 8.27. The van der Waals surface area contributed by atoms with Crippen molar-refractivity contribution in [1.29, 1.82) is 5.41 Å². The summed E-state index contributed by atoms with van der Waals surface area (Å²) in [6.07, 6.45) is 6.22. The maximum absolute atomic E-state index is 10.8. The molecule has 0 spiro atoms. The Morgan fingerprint density at radius 3 is 2.36 bits per heavy atom. The second-order valence-corrected chi connectivity index (χ2v) is 2.07. The number of hydrogen-bond donors (Lipinski definition) is 1. The highest BCUT2D eigenvalue weighted by molar-refractivity contribution is 6.03. The van der Waals surface area contributed by atoms with E-state index in [0.717, 1.165) is 0 Å². The first-order valence-electron chi connectivity index (χ1n) is 3.14. The van der Waals surface area contributed by atoms with E-state index in [2.05, 4.69) is 4.74 Å². The Morgan fingerprint density at radius 2 is 1.91 bits per heavy atom. The third-order valence-corrected chi connectivity index (χ3v) is 1.31. The van der Waals surface area contributed by atoms with Gasteiger partial charge in [-0.2, -0.15) is 0 Å². The molecule has 0 bridgehead atoms. The van der Waals surface area contributed by atoms with Crippen molar-refractivity contribution >= 4 is 5.71 Å². The zero-order valence-electron chi connectivity index (χ0n) is 6.13. The van der Waals surface area contributed by atoms with Crippen LogP contribution < -0.4 is 5.11 Å². The number of rotatable bonds is 1. The Kier molecular flexibility index (Phi) is 2.11. The predicted molar refractivity (Wildman–Crippen MR) is 40.0 cm³/mol. The van der Waals surface area contributed by atoms with Crippen molar-refractivity contribution in [2.45, 2.75) is 0 Å². The van der Waals surface area contributed by atoms with Crippen molar-refractivity contribution in [3.8, 4) is 0 Å². The van der Waals surface area contributed by atoms with Crippen LogP contribution in [0.1, 0.15) is 0 Å². The van der Waals surface area contributed by atoms with Gasteiger partial charge in [0.2, 0.25) is 0 Å². The molecule has 0 amide bonds. The molecule has 0 aliphatic heterocycles. The van der Waals surface area contributed by atoms with Gasteiger partial charge in [0.1, 0.15) is 0 Å². The Bertz CT molecular complexity index is 243. The Morgan fingerprint density at radius 1 is 1.36 bits per heavy atom. The molecule has 11 heavy (non-hydrogen) atoms. The molecule has 0 aromatic carbocycles. The lowest BCUT2D eigenvalue weighted by atomic mass is 10.1. The van der Waals surface area contributed by atoms with Gasteiger partial charge in [0.25, 0.3) is 0 Å². The second kappa shape index (κ2) is 3.05. The van der Waals surface area contributed by atoms with E-state index in [0.29, 0.717) is 11.3 Å². The minimum absolute atomic E-state index is 0.370. The van der Waals surface area contributed by atoms with Crippen LogP contribution in [-0.2, 0) is 4.74 Å². The number of allylic oxidation sites excluding steroid dienone is 5. The molecule has 0 heterocycles. The Hall–Kier alpha value is -1.51. The van der Waals surface area contributed by atoms with Crippen LogP contribution in [-0.4, -0.2) is 12.8 Å². The highest BCUT2D eigenvalue weighted by Crippen LogP contribution is 2.08. The molecule has 0 saturated carbocycles. The van der Waals surface area contributed by atoms with E-state index in [1.54, 1.807) is 24.3 Å². The molecule has 0 aromatic heterocycles. The summed E-state index contributed by atoms with van der Waals surface area (Å²) in [6.45, 7) is 0. The normalized spacial score (nSPS) is 15.4. The van der Waals surface area contributed by atoms with Crippen LogP contribution in [0.2, 0.25) is 0 Å². The van der Waals surface area contributed by atoms with Crippen LogP contribution in [0.3, 0.4) is 0 Å². The minimum atomic E-state index is -0.370. The van der Waals surface area contributed by atoms with E-state index < -0.39 is 0 Å². The van der Waals surface area contributed by atoms with Gasteiger partial charge < -0.3 is 15.3 Å². The highest BCUT2D eigenvalue weighted by Gasteiger charge is 1.96. The van der Waals surface area contributed by atoms with Crippen LogP contribution in [0.25, 0.3) is 0 Å². The fourth-order valence-electron chi connectivity index (χ4n) is 0.724. The van der Waals surface area contributed by atoms with Crippen LogP contribution in [0.4, 0.5) is 0 Å². The lowest BCUT2D eigenvalue weighted by Crippen LogP contribution is -2.09. The van der Waals surface area contributed by atoms with Crippen molar-refractivity contribution in [2.24, 2.45) is 0 Å². The molecule has 1 aliphatic rings.